The molecule has 88 valence electrons. The lowest BCUT2D eigenvalue weighted by molar-refractivity contribution is 0.588. The summed E-state index contributed by atoms with van der Waals surface area (Å²) in [6.07, 6.45) is 0. The number of aromatic amines is 1. The highest BCUT2D eigenvalue weighted by atomic mass is 19.1. The molecule has 0 aliphatic rings. The van der Waals surface area contributed by atoms with Crippen molar-refractivity contribution in [3.8, 4) is 11.4 Å². The summed E-state index contributed by atoms with van der Waals surface area (Å²) < 4.78 is 13.0. The van der Waals surface area contributed by atoms with Crippen molar-refractivity contribution >= 4 is 11.0 Å². The Hall–Kier alpha value is -2.56. The average molecular weight is 241 g/mol. The zero-order valence-corrected chi connectivity index (χ0v) is 9.22. The van der Waals surface area contributed by atoms with Crippen LogP contribution < -0.4 is 5.56 Å². The molecule has 0 atom stereocenters. The van der Waals surface area contributed by atoms with Gasteiger partial charge in [0, 0.05) is 5.56 Å². The number of H-pyrrole nitrogens is 1. The van der Waals surface area contributed by atoms with E-state index in [4.69, 9.17) is 0 Å². The van der Waals surface area contributed by atoms with Crippen LogP contribution in [0.15, 0.2) is 47.3 Å². The highest BCUT2D eigenvalue weighted by molar-refractivity contribution is 5.75. The summed E-state index contributed by atoms with van der Waals surface area (Å²) in [5, 5.41) is 0.274. The van der Waals surface area contributed by atoms with Gasteiger partial charge in [-0.25, -0.2) is 4.98 Å². The summed E-state index contributed by atoms with van der Waals surface area (Å²) >= 11 is 0. The van der Waals surface area contributed by atoms with Crippen LogP contribution in [0.4, 0.5) is 4.39 Å². The van der Waals surface area contributed by atoms with Crippen LogP contribution in [-0.2, 0) is 0 Å². The van der Waals surface area contributed by atoms with Gasteiger partial charge in [0.1, 0.15) is 5.82 Å². The van der Waals surface area contributed by atoms with E-state index in [0.29, 0.717) is 5.82 Å². The largest absolute Gasteiger partial charge is 0.306 e. The number of fused-ring (bicyclic) bond motifs is 1. The summed E-state index contributed by atoms with van der Waals surface area (Å²) in [6.45, 7) is 0. The monoisotopic (exact) mass is 241 g/mol. The van der Waals surface area contributed by atoms with Gasteiger partial charge in [0.25, 0.3) is 5.56 Å². The first kappa shape index (κ1) is 10.6. The molecular weight excluding hydrogens is 233 g/mol. The Morgan fingerprint density at radius 2 is 1.78 bits per heavy atom. The maximum Gasteiger partial charge on any atom is 0.260 e. The van der Waals surface area contributed by atoms with E-state index in [1.54, 1.807) is 0 Å². The summed E-state index contributed by atoms with van der Waals surface area (Å²) in [6, 6.07) is 11.7. The minimum Gasteiger partial charge on any atom is -0.306 e. The molecule has 0 spiro atoms. The van der Waals surface area contributed by atoms with Crippen molar-refractivity contribution in [1.29, 1.82) is 0 Å². The van der Waals surface area contributed by atoms with Gasteiger partial charge in [-0.15, -0.1) is 0 Å². The van der Waals surface area contributed by atoms with Crippen molar-refractivity contribution in [2.75, 3.05) is 0 Å². The average Bonchev–Trinajstić information content (AvgIpc) is 2.39. The van der Waals surface area contributed by atoms with E-state index >= 15 is 0 Å². The first-order valence-corrected chi connectivity index (χ1v) is 5.36. The summed E-state index contributed by atoms with van der Waals surface area (Å²) in [5.74, 6) is -0.272. The van der Waals surface area contributed by atoms with Crippen molar-refractivity contribution < 1.29 is 4.39 Å². The molecule has 1 N–H and O–H groups in total. The highest BCUT2D eigenvalue weighted by Crippen LogP contribution is 2.14. The van der Waals surface area contributed by atoms with E-state index < -0.39 is 5.95 Å². The lowest BCUT2D eigenvalue weighted by Crippen LogP contribution is -2.10. The number of pyridine rings is 1. The molecule has 2 heterocycles. The Morgan fingerprint density at radius 1 is 1.00 bits per heavy atom. The van der Waals surface area contributed by atoms with Gasteiger partial charge >= 0.3 is 0 Å². The maximum atomic E-state index is 13.0. The first-order chi connectivity index (χ1) is 8.74. The van der Waals surface area contributed by atoms with Crippen LogP contribution in [-0.4, -0.2) is 15.0 Å². The lowest BCUT2D eigenvalue weighted by Gasteiger charge is -2.02. The molecule has 18 heavy (non-hydrogen) atoms. The predicted octanol–water partition coefficient (Wildman–Crippen LogP) is 2.12. The number of rotatable bonds is 1. The quantitative estimate of drug-likeness (QED) is 0.664. The third-order valence-electron chi connectivity index (χ3n) is 2.58. The van der Waals surface area contributed by atoms with Crippen LogP contribution in [0.3, 0.4) is 0 Å². The highest BCUT2D eigenvalue weighted by Gasteiger charge is 2.07. The Morgan fingerprint density at radius 3 is 2.56 bits per heavy atom. The molecule has 0 saturated heterocycles. The second-order valence-electron chi connectivity index (χ2n) is 3.79. The smallest absolute Gasteiger partial charge is 0.260 e. The number of hydrogen-bond donors (Lipinski definition) is 1. The topological polar surface area (TPSA) is 58.6 Å². The number of nitrogens with zero attached hydrogens (tertiary/aromatic N) is 2. The molecule has 0 aliphatic carbocycles. The summed E-state index contributed by atoms with van der Waals surface area (Å²) in [5.41, 5.74) is 0.534. The second kappa shape index (κ2) is 4.03. The lowest BCUT2D eigenvalue weighted by atomic mass is 10.2. The normalized spacial score (nSPS) is 10.7. The van der Waals surface area contributed by atoms with Crippen LogP contribution in [0.1, 0.15) is 0 Å². The molecule has 0 unspecified atom stereocenters. The molecule has 5 heteroatoms. The molecule has 3 rings (SSSR count). The van der Waals surface area contributed by atoms with Crippen LogP contribution in [0.5, 0.6) is 0 Å². The molecular formula is C13H8FN3O. The molecule has 2 aromatic heterocycles. The molecule has 3 aromatic rings. The van der Waals surface area contributed by atoms with Crippen molar-refractivity contribution in [2.45, 2.75) is 0 Å². The zero-order chi connectivity index (χ0) is 12.5. The predicted molar refractivity (Wildman–Crippen MR) is 65.6 cm³/mol. The number of benzene rings is 1. The summed E-state index contributed by atoms with van der Waals surface area (Å²) in [7, 11) is 0. The Balaban J connectivity index is 2.30. The van der Waals surface area contributed by atoms with Crippen LogP contribution in [0.2, 0.25) is 0 Å². The number of hydrogen-bond acceptors (Lipinski definition) is 3. The van der Waals surface area contributed by atoms with Crippen LogP contribution in [0.25, 0.3) is 22.4 Å². The fraction of sp³-hybridized carbons (Fsp3) is 0. The molecule has 0 aliphatic heterocycles. The van der Waals surface area contributed by atoms with Gasteiger partial charge in [-0.1, -0.05) is 30.3 Å². The Kier molecular flexibility index (Phi) is 2.37. The van der Waals surface area contributed by atoms with E-state index in [-0.39, 0.29) is 16.6 Å². The summed E-state index contributed by atoms with van der Waals surface area (Å²) in [4.78, 5) is 22.3. The van der Waals surface area contributed by atoms with E-state index in [0.717, 1.165) is 11.6 Å². The fourth-order valence-corrected chi connectivity index (χ4v) is 1.73. The van der Waals surface area contributed by atoms with Gasteiger partial charge < -0.3 is 4.98 Å². The molecule has 0 bridgehead atoms. The van der Waals surface area contributed by atoms with Crippen LogP contribution >= 0.6 is 0 Å². The van der Waals surface area contributed by atoms with Crippen LogP contribution in [0, 0.1) is 5.95 Å². The van der Waals surface area contributed by atoms with Gasteiger partial charge in [-0.05, 0) is 12.1 Å². The number of nitrogens with one attached hydrogen (secondary N) is 1. The Labute approximate surface area is 101 Å². The minimum atomic E-state index is -0.653. The SMILES string of the molecule is O=c1[nH]c(-c2ccccc2)nc2nc(F)ccc12. The molecule has 0 amide bonds. The number of halogens is 1. The van der Waals surface area contributed by atoms with Gasteiger partial charge in [0.15, 0.2) is 5.65 Å². The van der Waals surface area contributed by atoms with E-state index in [9.17, 15) is 9.18 Å². The van der Waals surface area contributed by atoms with Gasteiger partial charge in [0.2, 0.25) is 5.95 Å². The molecule has 0 fully saturated rings. The third kappa shape index (κ3) is 1.75. The minimum absolute atomic E-state index is 0.109. The van der Waals surface area contributed by atoms with E-state index in [1.165, 1.54) is 6.07 Å². The van der Waals surface area contributed by atoms with Gasteiger partial charge in [0.05, 0.1) is 5.39 Å². The van der Waals surface area contributed by atoms with Gasteiger partial charge in [-0.3, -0.25) is 4.79 Å². The van der Waals surface area contributed by atoms with Gasteiger partial charge in [-0.2, -0.15) is 9.37 Å². The second-order valence-corrected chi connectivity index (χ2v) is 3.79. The molecule has 0 saturated carbocycles. The van der Waals surface area contributed by atoms with Crippen molar-refractivity contribution in [3.05, 3.63) is 58.8 Å². The van der Waals surface area contributed by atoms with E-state index in [2.05, 4.69) is 15.0 Å². The third-order valence-corrected chi connectivity index (χ3v) is 2.58. The molecule has 0 radical (unpaired) electrons. The first-order valence-electron chi connectivity index (χ1n) is 5.36. The Bertz CT molecular complexity index is 768. The molecule has 1 aromatic carbocycles. The maximum absolute atomic E-state index is 13.0. The molecule has 4 nitrogen and oxygen atoms in total. The van der Waals surface area contributed by atoms with Crippen molar-refractivity contribution in [2.24, 2.45) is 0 Å². The van der Waals surface area contributed by atoms with Crippen molar-refractivity contribution in [3.63, 3.8) is 0 Å². The zero-order valence-electron chi connectivity index (χ0n) is 9.22. The van der Waals surface area contributed by atoms with E-state index in [1.807, 2.05) is 30.3 Å². The van der Waals surface area contributed by atoms with Crippen molar-refractivity contribution in [1.82, 2.24) is 15.0 Å². The fourth-order valence-electron chi connectivity index (χ4n) is 1.73. The standard InChI is InChI=1S/C13H8FN3O/c14-10-7-6-9-12(15-10)16-11(17-13(9)18)8-4-2-1-3-5-8/h1-7H,(H,15,16,17,18). The number of aromatic nitrogens is 3.